The first kappa shape index (κ1) is 14.2. The predicted molar refractivity (Wildman–Crippen MR) is 81.8 cm³/mol. The summed E-state index contributed by atoms with van der Waals surface area (Å²) < 4.78 is 6.02. The van der Waals surface area contributed by atoms with Crippen molar-refractivity contribution in [2.45, 2.75) is 45.1 Å². The SMILES string of the molecule is CNCCC1CCN(Cc2ccc(C3CC3C)o2)CC1. The molecule has 3 heteroatoms. The fourth-order valence-electron chi connectivity index (χ4n) is 3.40. The second-order valence-electron chi connectivity index (χ2n) is 6.74. The van der Waals surface area contributed by atoms with Crippen LogP contribution in [-0.4, -0.2) is 31.6 Å². The molecule has 0 amide bonds. The van der Waals surface area contributed by atoms with Crippen molar-refractivity contribution in [1.82, 2.24) is 10.2 Å². The van der Waals surface area contributed by atoms with E-state index >= 15 is 0 Å². The van der Waals surface area contributed by atoms with Crippen LogP contribution in [0.5, 0.6) is 0 Å². The highest BCUT2D eigenvalue weighted by molar-refractivity contribution is 5.17. The highest BCUT2D eigenvalue weighted by Gasteiger charge is 2.36. The zero-order chi connectivity index (χ0) is 13.9. The van der Waals surface area contributed by atoms with Crippen LogP contribution in [0.1, 0.15) is 50.0 Å². The lowest BCUT2D eigenvalue weighted by Gasteiger charge is -2.31. The second-order valence-corrected chi connectivity index (χ2v) is 6.74. The van der Waals surface area contributed by atoms with Gasteiger partial charge in [0.1, 0.15) is 11.5 Å². The molecule has 0 spiro atoms. The van der Waals surface area contributed by atoms with Gasteiger partial charge >= 0.3 is 0 Å². The summed E-state index contributed by atoms with van der Waals surface area (Å²) in [5, 5.41) is 3.26. The Balaban J connectivity index is 1.44. The van der Waals surface area contributed by atoms with Crippen molar-refractivity contribution in [3.63, 3.8) is 0 Å². The molecule has 2 unspecified atom stereocenters. The minimum absolute atomic E-state index is 0.705. The van der Waals surface area contributed by atoms with Crippen LogP contribution in [0.4, 0.5) is 0 Å². The maximum absolute atomic E-state index is 6.02. The van der Waals surface area contributed by atoms with E-state index in [0.717, 1.165) is 30.7 Å². The molecule has 1 aromatic rings. The van der Waals surface area contributed by atoms with Crippen molar-refractivity contribution in [2.75, 3.05) is 26.7 Å². The number of hydrogen-bond acceptors (Lipinski definition) is 3. The normalized spacial score (nSPS) is 27.9. The van der Waals surface area contributed by atoms with Crippen molar-refractivity contribution in [3.8, 4) is 0 Å². The number of hydrogen-bond donors (Lipinski definition) is 1. The summed E-state index contributed by atoms with van der Waals surface area (Å²) >= 11 is 0. The summed E-state index contributed by atoms with van der Waals surface area (Å²) in [7, 11) is 2.05. The molecule has 1 aromatic heterocycles. The van der Waals surface area contributed by atoms with Gasteiger partial charge < -0.3 is 9.73 Å². The van der Waals surface area contributed by atoms with Gasteiger partial charge in [0, 0.05) is 5.92 Å². The topological polar surface area (TPSA) is 28.4 Å². The van der Waals surface area contributed by atoms with Crippen molar-refractivity contribution in [1.29, 1.82) is 0 Å². The standard InChI is InChI=1S/C17H28N2O/c1-13-11-16(13)17-4-3-15(20-17)12-19-9-6-14(7-10-19)5-8-18-2/h3-4,13-14,16,18H,5-12H2,1-2H3. The highest BCUT2D eigenvalue weighted by atomic mass is 16.3. The Labute approximate surface area is 122 Å². The van der Waals surface area contributed by atoms with Crippen LogP contribution in [0.15, 0.2) is 16.5 Å². The number of nitrogens with zero attached hydrogens (tertiary/aromatic N) is 1. The first-order valence-electron chi connectivity index (χ1n) is 8.22. The van der Waals surface area contributed by atoms with E-state index in [-0.39, 0.29) is 0 Å². The smallest absolute Gasteiger partial charge is 0.118 e. The second kappa shape index (κ2) is 6.31. The van der Waals surface area contributed by atoms with Crippen LogP contribution in [0.3, 0.4) is 0 Å². The number of likely N-dealkylation sites (tertiary alicyclic amines) is 1. The van der Waals surface area contributed by atoms with Gasteiger partial charge in [-0.2, -0.15) is 0 Å². The number of nitrogens with one attached hydrogen (secondary N) is 1. The molecule has 1 aliphatic carbocycles. The Morgan fingerprint density at radius 3 is 2.70 bits per heavy atom. The summed E-state index contributed by atoms with van der Waals surface area (Å²) in [5.41, 5.74) is 0. The third kappa shape index (κ3) is 3.44. The van der Waals surface area contributed by atoms with E-state index in [1.807, 2.05) is 7.05 Å². The minimum atomic E-state index is 0.705. The van der Waals surface area contributed by atoms with Crippen LogP contribution < -0.4 is 5.32 Å². The molecule has 1 aliphatic heterocycles. The molecule has 2 fully saturated rings. The van der Waals surface area contributed by atoms with Gasteiger partial charge in [0.2, 0.25) is 0 Å². The largest absolute Gasteiger partial charge is 0.464 e. The maximum atomic E-state index is 6.02. The summed E-state index contributed by atoms with van der Waals surface area (Å²) in [6.45, 7) is 6.92. The molecule has 20 heavy (non-hydrogen) atoms. The molecule has 3 rings (SSSR count). The van der Waals surface area contributed by atoms with E-state index in [9.17, 15) is 0 Å². The van der Waals surface area contributed by atoms with E-state index < -0.39 is 0 Å². The van der Waals surface area contributed by atoms with E-state index in [0.29, 0.717) is 5.92 Å². The van der Waals surface area contributed by atoms with Crippen LogP contribution >= 0.6 is 0 Å². The molecule has 3 nitrogen and oxygen atoms in total. The molecule has 0 bridgehead atoms. The molecule has 2 aliphatic rings. The van der Waals surface area contributed by atoms with Gasteiger partial charge in [0.05, 0.1) is 6.54 Å². The van der Waals surface area contributed by atoms with E-state index in [4.69, 9.17) is 4.42 Å². The van der Waals surface area contributed by atoms with Crippen molar-refractivity contribution >= 4 is 0 Å². The number of piperidine rings is 1. The lowest BCUT2D eigenvalue weighted by molar-refractivity contribution is 0.161. The highest BCUT2D eigenvalue weighted by Crippen LogP contribution is 2.47. The van der Waals surface area contributed by atoms with Gasteiger partial charge in [-0.1, -0.05) is 6.92 Å². The Morgan fingerprint density at radius 2 is 2.05 bits per heavy atom. The first-order valence-corrected chi connectivity index (χ1v) is 8.22. The maximum Gasteiger partial charge on any atom is 0.118 e. The van der Waals surface area contributed by atoms with Crippen LogP contribution in [0, 0.1) is 11.8 Å². The minimum Gasteiger partial charge on any atom is -0.464 e. The molecular weight excluding hydrogens is 248 g/mol. The summed E-state index contributed by atoms with van der Waals surface area (Å²) in [4.78, 5) is 2.55. The molecule has 2 heterocycles. The fraction of sp³-hybridized carbons (Fsp3) is 0.765. The van der Waals surface area contributed by atoms with Gasteiger partial charge in [0.25, 0.3) is 0 Å². The van der Waals surface area contributed by atoms with Crippen molar-refractivity contribution < 1.29 is 4.42 Å². The zero-order valence-electron chi connectivity index (χ0n) is 12.9. The van der Waals surface area contributed by atoms with Crippen LogP contribution in [0.2, 0.25) is 0 Å². The van der Waals surface area contributed by atoms with Crippen molar-refractivity contribution in [3.05, 3.63) is 23.7 Å². The van der Waals surface area contributed by atoms with Gasteiger partial charge in [-0.3, -0.25) is 4.90 Å². The Bertz CT molecular complexity index is 420. The molecule has 0 radical (unpaired) electrons. The van der Waals surface area contributed by atoms with E-state index in [1.54, 1.807) is 0 Å². The van der Waals surface area contributed by atoms with Gasteiger partial charge in [0.15, 0.2) is 0 Å². The van der Waals surface area contributed by atoms with Crippen LogP contribution in [0.25, 0.3) is 0 Å². The number of furan rings is 1. The Kier molecular flexibility index (Phi) is 4.47. The molecule has 0 aromatic carbocycles. The predicted octanol–water partition coefficient (Wildman–Crippen LogP) is 3.22. The summed E-state index contributed by atoms with van der Waals surface area (Å²) in [6.07, 6.45) is 5.32. The monoisotopic (exact) mass is 276 g/mol. The average Bonchev–Trinajstić information content (AvgIpc) is 3.01. The summed E-state index contributed by atoms with van der Waals surface area (Å²) in [5.74, 6) is 4.83. The molecular formula is C17H28N2O. The molecule has 1 N–H and O–H groups in total. The molecule has 2 atom stereocenters. The van der Waals surface area contributed by atoms with E-state index in [1.165, 1.54) is 44.5 Å². The Hall–Kier alpha value is -0.800. The first-order chi connectivity index (χ1) is 9.76. The van der Waals surface area contributed by atoms with Gasteiger partial charge in [-0.15, -0.1) is 0 Å². The number of rotatable bonds is 6. The third-order valence-corrected chi connectivity index (χ3v) is 5.05. The van der Waals surface area contributed by atoms with Crippen LogP contribution in [-0.2, 0) is 6.54 Å². The lowest BCUT2D eigenvalue weighted by atomic mass is 9.93. The summed E-state index contributed by atoms with van der Waals surface area (Å²) in [6, 6.07) is 4.39. The van der Waals surface area contributed by atoms with Gasteiger partial charge in [-0.05, 0) is 76.3 Å². The molecule has 1 saturated heterocycles. The average molecular weight is 276 g/mol. The zero-order valence-corrected chi connectivity index (χ0v) is 12.9. The molecule has 112 valence electrons. The quantitative estimate of drug-likeness (QED) is 0.864. The van der Waals surface area contributed by atoms with E-state index in [2.05, 4.69) is 29.3 Å². The molecule has 1 saturated carbocycles. The lowest BCUT2D eigenvalue weighted by Crippen LogP contribution is -2.33. The Morgan fingerprint density at radius 1 is 1.30 bits per heavy atom. The third-order valence-electron chi connectivity index (χ3n) is 5.05. The van der Waals surface area contributed by atoms with Crippen molar-refractivity contribution in [2.24, 2.45) is 11.8 Å². The fourth-order valence-corrected chi connectivity index (χ4v) is 3.40. The van der Waals surface area contributed by atoms with Gasteiger partial charge in [-0.25, -0.2) is 0 Å².